The highest BCUT2D eigenvalue weighted by molar-refractivity contribution is 6.53. The van der Waals surface area contributed by atoms with E-state index < -0.39 is 32.9 Å². The van der Waals surface area contributed by atoms with E-state index in [1.165, 1.54) is 24.3 Å². The second kappa shape index (κ2) is 12.8. The molecule has 4 aromatic carbocycles. The molecule has 1 aliphatic rings. The Morgan fingerprint density at radius 3 is 2.16 bits per heavy atom. The zero-order valence-corrected chi connectivity index (χ0v) is 26.6. The fraction of sp³-hybridized carbons (Fsp3) is 0.161. The summed E-state index contributed by atoms with van der Waals surface area (Å²) in [6.45, 7) is 2.30. The highest BCUT2D eigenvalue weighted by Crippen LogP contribution is 2.65. The fourth-order valence-corrected chi connectivity index (χ4v) is 6.44. The van der Waals surface area contributed by atoms with Crippen LogP contribution in [-0.2, 0) is 11.3 Å². The van der Waals surface area contributed by atoms with Crippen LogP contribution in [0.1, 0.15) is 33.0 Å². The number of nitrogens with one attached hydrogen (secondary N) is 3. The molecule has 0 aromatic heterocycles. The van der Waals surface area contributed by atoms with E-state index in [1.54, 1.807) is 48.5 Å². The molecule has 2 atom stereocenters. The number of hydrogen-bond donors (Lipinski definition) is 3. The van der Waals surface area contributed by atoms with Crippen molar-refractivity contribution in [2.45, 2.75) is 23.7 Å². The lowest BCUT2D eigenvalue weighted by atomic mass is 10.1. The number of nitrogens with zero attached hydrogens (tertiary/aromatic N) is 1. The second-order valence-corrected chi connectivity index (χ2v) is 13.0. The average Bonchev–Trinajstić information content (AvgIpc) is 3.55. The molecule has 0 saturated heterocycles. The van der Waals surface area contributed by atoms with Gasteiger partial charge in [0.2, 0.25) is 5.91 Å². The van der Waals surface area contributed by atoms with E-state index >= 15 is 0 Å². The largest absolute Gasteiger partial charge is 0.381 e. The lowest BCUT2D eigenvalue weighted by molar-refractivity contribution is -0.384. The molecule has 0 heterocycles. The van der Waals surface area contributed by atoms with Gasteiger partial charge in [-0.3, -0.25) is 19.7 Å². The Morgan fingerprint density at radius 1 is 0.864 bits per heavy atom. The van der Waals surface area contributed by atoms with Crippen LogP contribution in [0.5, 0.6) is 0 Å². The van der Waals surface area contributed by atoms with Gasteiger partial charge in [-0.05, 0) is 78.2 Å². The van der Waals surface area contributed by atoms with Gasteiger partial charge in [-0.1, -0.05) is 46.9 Å². The minimum Gasteiger partial charge on any atom is -0.381 e. The summed E-state index contributed by atoms with van der Waals surface area (Å²) in [5, 5.41) is 20.7. The Hall–Kier alpha value is -3.53. The summed E-state index contributed by atoms with van der Waals surface area (Å²) in [6.07, 6.45) is 0. The third kappa shape index (κ3) is 7.06. The van der Waals surface area contributed by atoms with Crippen molar-refractivity contribution in [1.29, 1.82) is 0 Å². The minimum atomic E-state index is -1.36. The maximum atomic E-state index is 13.2. The first-order chi connectivity index (χ1) is 20.8. The normalized spacial score (nSPS) is 16.6. The number of nitro groups is 1. The summed E-state index contributed by atoms with van der Waals surface area (Å²) < 4.78 is -1.36. The first kappa shape index (κ1) is 31.9. The van der Waals surface area contributed by atoms with Crippen LogP contribution >= 0.6 is 58.0 Å². The topological polar surface area (TPSA) is 113 Å². The monoisotopic (exact) mass is 690 g/mol. The number of anilines is 3. The molecule has 13 heteroatoms. The van der Waals surface area contributed by atoms with Crippen molar-refractivity contribution in [3.05, 3.63) is 126 Å². The number of aryl methyl sites for hydroxylation is 1. The maximum absolute atomic E-state index is 13.2. The van der Waals surface area contributed by atoms with Gasteiger partial charge in [0.1, 0.15) is 4.33 Å². The fourth-order valence-electron chi connectivity index (χ4n) is 4.86. The number of non-ortho nitro benzene ring substituents is 1. The predicted molar refractivity (Wildman–Crippen MR) is 177 cm³/mol. The third-order valence-corrected chi connectivity index (χ3v) is 8.88. The molecule has 0 spiro atoms. The van der Waals surface area contributed by atoms with Gasteiger partial charge in [0.25, 0.3) is 11.6 Å². The van der Waals surface area contributed by atoms with Crippen LogP contribution in [0.15, 0.2) is 78.9 Å². The smallest absolute Gasteiger partial charge is 0.269 e. The van der Waals surface area contributed by atoms with Gasteiger partial charge in [-0.2, -0.15) is 0 Å². The summed E-state index contributed by atoms with van der Waals surface area (Å²) in [5.41, 5.74) is 4.20. The number of nitro benzene ring substituents is 1. The Labute approximate surface area is 277 Å². The molecule has 0 aliphatic heterocycles. The number of hydrogen-bond acceptors (Lipinski definition) is 5. The van der Waals surface area contributed by atoms with Gasteiger partial charge in [0.15, 0.2) is 0 Å². The number of alkyl halides is 2. The van der Waals surface area contributed by atoms with Gasteiger partial charge < -0.3 is 16.0 Å². The lowest BCUT2D eigenvalue weighted by Crippen LogP contribution is -2.18. The maximum Gasteiger partial charge on any atom is 0.269 e. The summed E-state index contributed by atoms with van der Waals surface area (Å²) in [5.74, 6) is -2.20. The number of carbonyl (C=O) groups is 2. The molecule has 1 aliphatic carbocycles. The molecular weight excluding hydrogens is 670 g/mol. The van der Waals surface area contributed by atoms with Crippen molar-refractivity contribution < 1.29 is 14.5 Å². The first-order valence-corrected chi connectivity index (χ1v) is 15.1. The molecule has 0 radical (unpaired) electrons. The van der Waals surface area contributed by atoms with Crippen LogP contribution in [0.4, 0.5) is 22.7 Å². The van der Waals surface area contributed by atoms with Gasteiger partial charge >= 0.3 is 0 Å². The third-order valence-electron chi connectivity index (χ3n) is 7.18. The van der Waals surface area contributed by atoms with E-state index in [1.807, 2.05) is 13.0 Å². The van der Waals surface area contributed by atoms with Crippen LogP contribution in [0.3, 0.4) is 0 Å². The molecule has 2 amide bonds. The van der Waals surface area contributed by atoms with Crippen molar-refractivity contribution in [2.75, 3.05) is 16.0 Å². The molecule has 44 heavy (non-hydrogen) atoms. The molecular formula is C31H23Cl5N4O4. The SMILES string of the molecule is Cc1cc(NCc2ccc([N+](=O)[O-])cc2)ccc1NC(=O)c1cc(NC(=O)[C@H]2[C@H](c3cc(Cl)cc(Cl)c3)C2(Cl)Cl)ccc1Cl. The number of rotatable bonds is 9. The molecule has 0 bridgehead atoms. The highest BCUT2D eigenvalue weighted by Gasteiger charge is 2.67. The van der Waals surface area contributed by atoms with Crippen molar-refractivity contribution in [3.63, 3.8) is 0 Å². The quantitative estimate of drug-likeness (QED) is 0.0920. The highest BCUT2D eigenvalue weighted by atomic mass is 35.5. The van der Waals surface area contributed by atoms with Crippen LogP contribution in [0.2, 0.25) is 15.1 Å². The number of benzene rings is 4. The number of amides is 2. The molecule has 3 N–H and O–H groups in total. The van der Waals surface area contributed by atoms with E-state index in [-0.39, 0.29) is 16.3 Å². The Kier molecular flexibility index (Phi) is 9.30. The molecule has 4 aromatic rings. The second-order valence-electron chi connectivity index (χ2n) is 10.3. The first-order valence-electron chi connectivity index (χ1n) is 13.2. The van der Waals surface area contributed by atoms with Crippen molar-refractivity contribution >= 4 is 92.6 Å². The van der Waals surface area contributed by atoms with E-state index in [0.29, 0.717) is 33.5 Å². The molecule has 1 fully saturated rings. The lowest BCUT2D eigenvalue weighted by Gasteiger charge is -2.13. The van der Waals surface area contributed by atoms with Gasteiger partial charge in [0, 0.05) is 51.7 Å². The van der Waals surface area contributed by atoms with Crippen LogP contribution in [0, 0.1) is 23.0 Å². The van der Waals surface area contributed by atoms with Crippen molar-refractivity contribution in [1.82, 2.24) is 0 Å². The van der Waals surface area contributed by atoms with Crippen molar-refractivity contribution in [2.24, 2.45) is 5.92 Å². The summed E-state index contributed by atoms with van der Waals surface area (Å²) >= 11 is 31.5. The van der Waals surface area contributed by atoms with E-state index in [9.17, 15) is 19.7 Å². The Morgan fingerprint density at radius 2 is 1.52 bits per heavy atom. The molecule has 8 nitrogen and oxygen atoms in total. The van der Waals surface area contributed by atoms with Gasteiger partial charge in [0.05, 0.1) is 21.4 Å². The van der Waals surface area contributed by atoms with Crippen LogP contribution in [0.25, 0.3) is 0 Å². The number of carbonyl (C=O) groups excluding carboxylic acids is 2. The molecule has 1 saturated carbocycles. The van der Waals surface area contributed by atoms with E-state index in [0.717, 1.165) is 16.8 Å². The van der Waals surface area contributed by atoms with Crippen LogP contribution in [-0.4, -0.2) is 21.1 Å². The van der Waals surface area contributed by atoms with Crippen LogP contribution < -0.4 is 16.0 Å². The van der Waals surface area contributed by atoms with E-state index in [4.69, 9.17) is 58.0 Å². The number of halogens is 5. The minimum absolute atomic E-state index is 0.0291. The standard InChI is InChI=1S/C31H23Cl5N4O4/c1-16-10-21(37-15-17-2-6-23(7-3-17)40(43)44)5-9-26(16)39-29(41)24-14-22(4-8-25(24)34)38-30(42)28-27(31(28,35)36)18-11-19(32)13-20(33)12-18/h2-14,27-28,37H,15H2,1H3,(H,38,42)(H,39,41)/t27-,28+/m0/s1. The Bertz CT molecular complexity index is 1760. The molecule has 5 rings (SSSR count). The van der Waals surface area contributed by atoms with Gasteiger partial charge in [-0.15, -0.1) is 23.2 Å². The zero-order chi connectivity index (χ0) is 31.8. The predicted octanol–water partition coefficient (Wildman–Crippen LogP) is 9.25. The average molecular weight is 693 g/mol. The summed E-state index contributed by atoms with van der Waals surface area (Å²) in [7, 11) is 0. The Balaban J connectivity index is 1.23. The molecule has 0 unspecified atom stereocenters. The summed E-state index contributed by atoms with van der Waals surface area (Å²) in [4.78, 5) is 36.8. The van der Waals surface area contributed by atoms with E-state index in [2.05, 4.69) is 16.0 Å². The van der Waals surface area contributed by atoms with Crippen molar-refractivity contribution in [3.8, 4) is 0 Å². The van der Waals surface area contributed by atoms with Gasteiger partial charge in [-0.25, -0.2) is 0 Å². The zero-order valence-electron chi connectivity index (χ0n) is 22.8. The molecule has 226 valence electrons. The summed E-state index contributed by atoms with van der Waals surface area (Å²) in [6, 6.07) is 21.2.